The zero-order chi connectivity index (χ0) is 28.5. The minimum Gasteiger partial charge on any atom is -0.493 e. The van der Waals surface area contributed by atoms with Gasteiger partial charge in [-0.25, -0.2) is 14.7 Å². The first kappa shape index (κ1) is 28.7. The van der Waals surface area contributed by atoms with Crippen molar-refractivity contribution in [3.63, 3.8) is 0 Å². The molecule has 0 aliphatic carbocycles. The van der Waals surface area contributed by atoms with E-state index in [1.54, 1.807) is 50.6 Å². The monoisotopic (exact) mass is 552 g/mol. The molecule has 2 heterocycles. The molecule has 0 saturated carbocycles. The van der Waals surface area contributed by atoms with Gasteiger partial charge < -0.3 is 34.3 Å². The number of hydrogen-bond donors (Lipinski definition) is 2. The first-order valence-electron chi connectivity index (χ1n) is 13.1. The lowest BCUT2D eigenvalue weighted by Crippen LogP contribution is -2.45. The Labute approximate surface area is 234 Å². The number of rotatable bonds is 12. The Kier molecular flexibility index (Phi) is 9.81. The van der Waals surface area contributed by atoms with Crippen LogP contribution in [0.15, 0.2) is 48.7 Å². The van der Waals surface area contributed by atoms with Crippen LogP contribution >= 0.6 is 0 Å². The molecule has 1 aromatic heterocycles. The second-order valence-corrected chi connectivity index (χ2v) is 9.09. The molecule has 2 aromatic carbocycles. The number of piperazine rings is 1. The summed E-state index contributed by atoms with van der Waals surface area (Å²) in [6, 6.07) is 11.9. The summed E-state index contributed by atoms with van der Waals surface area (Å²) in [5, 5.41) is 13.2. The van der Waals surface area contributed by atoms with Gasteiger partial charge in [-0.05, 0) is 26.1 Å². The molecule has 4 rings (SSSR count). The molecule has 0 unspecified atom stereocenters. The Morgan fingerprint density at radius 3 is 2.48 bits per heavy atom. The molecule has 0 atom stereocenters. The Hall–Kier alpha value is -4.29. The van der Waals surface area contributed by atoms with Gasteiger partial charge in [0.2, 0.25) is 11.7 Å². The van der Waals surface area contributed by atoms with E-state index >= 15 is 0 Å². The fourth-order valence-electron chi connectivity index (χ4n) is 4.37. The minimum absolute atomic E-state index is 0.154. The van der Waals surface area contributed by atoms with Gasteiger partial charge in [-0.2, -0.15) is 4.98 Å². The molecule has 1 fully saturated rings. The van der Waals surface area contributed by atoms with E-state index in [1.165, 1.54) is 12.3 Å². The number of benzene rings is 2. The third-order valence-corrected chi connectivity index (χ3v) is 6.43. The van der Waals surface area contributed by atoms with Gasteiger partial charge in [0.1, 0.15) is 18.2 Å². The molecule has 1 aliphatic heterocycles. The van der Waals surface area contributed by atoms with Gasteiger partial charge in [0.25, 0.3) is 0 Å². The fourth-order valence-corrected chi connectivity index (χ4v) is 4.37. The van der Waals surface area contributed by atoms with Crippen LogP contribution < -0.4 is 29.2 Å². The number of carbonyl (C=O) groups is 1. The molecule has 1 amide bonds. The van der Waals surface area contributed by atoms with Gasteiger partial charge >= 0.3 is 6.09 Å². The Balaban J connectivity index is 1.56. The van der Waals surface area contributed by atoms with Crippen molar-refractivity contribution < 1.29 is 28.8 Å². The van der Waals surface area contributed by atoms with Crippen molar-refractivity contribution in [1.82, 2.24) is 19.8 Å². The van der Waals surface area contributed by atoms with Gasteiger partial charge in [0.15, 0.2) is 11.5 Å². The Morgan fingerprint density at radius 1 is 1.02 bits per heavy atom. The van der Waals surface area contributed by atoms with Crippen LogP contribution in [0.5, 0.6) is 23.0 Å². The summed E-state index contributed by atoms with van der Waals surface area (Å²) in [4.78, 5) is 26.8. The Bertz CT molecular complexity index is 1280. The van der Waals surface area contributed by atoms with Crippen LogP contribution in [0.4, 0.5) is 27.9 Å². The highest BCUT2D eigenvalue weighted by molar-refractivity contribution is 5.95. The maximum Gasteiger partial charge on any atom is 0.417 e. The van der Waals surface area contributed by atoms with Gasteiger partial charge in [-0.3, -0.25) is 4.90 Å². The van der Waals surface area contributed by atoms with Crippen LogP contribution in [0.3, 0.4) is 0 Å². The van der Waals surface area contributed by atoms with Crippen LogP contribution in [-0.4, -0.2) is 98.2 Å². The molecule has 0 spiro atoms. The van der Waals surface area contributed by atoms with Gasteiger partial charge in [-0.1, -0.05) is 12.1 Å². The zero-order valence-electron chi connectivity index (χ0n) is 23.3. The number of nitrogens with one attached hydrogen (secondary N) is 1. The van der Waals surface area contributed by atoms with Crippen molar-refractivity contribution in [2.45, 2.75) is 6.92 Å². The van der Waals surface area contributed by atoms with Crippen molar-refractivity contribution in [1.29, 1.82) is 0 Å². The minimum atomic E-state index is -1.21. The number of aromatic nitrogens is 2. The number of likely N-dealkylation sites (N-methyl/N-ethyl adjacent to an activating group) is 1. The SMILES string of the molecule is CCOc1ccccc1N(C(=O)O)c1ccnc(Nc2cc(OC)c(OC)c(OCCN3CCN(C)CC3)c2)n1. The summed E-state index contributed by atoms with van der Waals surface area (Å²) >= 11 is 0. The van der Waals surface area contributed by atoms with E-state index in [-0.39, 0.29) is 11.8 Å². The number of hydrogen-bond acceptors (Lipinski definition) is 10. The predicted molar refractivity (Wildman–Crippen MR) is 152 cm³/mol. The molecule has 0 radical (unpaired) electrons. The van der Waals surface area contributed by atoms with Crippen LogP contribution in [-0.2, 0) is 0 Å². The number of amides is 1. The molecule has 1 aliphatic rings. The van der Waals surface area contributed by atoms with Crippen molar-refractivity contribution in [3.05, 3.63) is 48.7 Å². The second-order valence-electron chi connectivity index (χ2n) is 9.09. The number of ether oxygens (including phenoxy) is 4. The number of para-hydroxylation sites is 2. The second kappa shape index (κ2) is 13.7. The fraction of sp³-hybridized carbons (Fsp3) is 0.393. The maximum atomic E-state index is 12.3. The molecule has 0 bridgehead atoms. The molecule has 12 heteroatoms. The highest BCUT2D eigenvalue weighted by Gasteiger charge is 2.23. The van der Waals surface area contributed by atoms with Crippen LogP contribution in [0.2, 0.25) is 0 Å². The normalized spacial score (nSPS) is 13.9. The van der Waals surface area contributed by atoms with E-state index < -0.39 is 6.09 Å². The van der Waals surface area contributed by atoms with E-state index in [4.69, 9.17) is 18.9 Å². The summed E-state index contributed by atoms with van der Waals surface area (Å²) in [7, 11) is 5.24. The smallest absolute Gasteiger partial charge is 0.417 e. The number of carboxylic acid groups (broad SMARTS) is 1. The maximum absolute atomic E-state index is 12.3. The molecule has 3 aromatic rings. The zero-order valence-corrected chi connectivity index (χ0v) is 23.3. The summed E-state index contributed by atoms with van der Waals surface area (Å²) in [6.45, 7) is 7.55. The third-order valence-electron chi connectivity index (χ3n) is 6.43. The van der Waals surface area contributed by atoms with E-state index in [0.29, 0.717) is 47.6 Å². The molecule has 214 valence electrons. The van der Waals surface area contributed by atoms with Gasteiger partial charge in [0.05, 0.1) is 26.5 Å². The van der Waals surface area contributed by atoms with Crippen LogP contribution in [0.25, 0.3) is 0 Å². The lowest BCUT2D eigenvalue weighted by atomic mass is 10.2. The van der Waals surface area contributed by atoms with E-state index in [1.807, 2.05) is 6.92 Å². The summed E-state index contributed by atoms with van der Waals surface area (Å²) in [6.07, 6.45) is 0.275. The molecule has 40 heavy (non-hydrogen) atoms. The number of nitrogens with zero attached hydrogens (tertiary/aromatic N) is 5. The summed E-state index contributed by atoms with van der Waals surface area (Å²) in [5.41, 5.74) is 0.935. The summed E-state index contributed by atoms with van der Waals surface area (Å²) in [5.74, 6) is 2.22. The van der Waals surface area contributed by atoms with E-state index in [2.05, 4.69) is 32.1 Å². The highest BCUT2D eigenvalue weighted by Crippen LogP contribution is 2.41. The molecule has 2 N–H and O–H groups in total. The standard InChI is InChI=1S/C28H36N6O6/c1-5-39-22-9-7-6-8-21(22)34(28(35)36)25-10-11-29-27(31-25)30-20-18-23(37-3)26(38-4)24(19-20)40-17-16-33-14-12-32(2)13-15-33/h6-11,18-19H,5,12-17H2,1-4H3,(H,35,36)(H,29,30,31). The Morgan fingerprint density at radius 2 is 1.77 bits per heavy atom. The average Bonchev–Trinajstić information content (AvgIpc) is 2.95. The van der Waals surface area contributed by atoms with E-state index in [0.717, 1.165) is 37.6 Å². The first-order valence-corrected chi connectivity index (χ1v) is 13.1. The number of anilines is 4. The van der Waals surface area contributed by atoms with Gasteiger partial charge in [-0.15, -0.1) is 0 Å². The first-order chi connectivity index (χ1) is 19.4. The van der Waals surface area contributed by atoms with Gasteiger partial charge in [0, 0.05) is 62.8 Å². The molecule has 12 nitrogen and oxygen atoms in total. The molecular weight excluding hydrogens is 516 g/mol. The average molecular weight is 553 g/mol. The number of methoxy groups -OCH3 is 2. The van der Waals surface area contributed by atoms with Crippen LogP contribution in [0.1, 0.15) is 6.92 Å². The van der Waals surface area contributed by atoms with Crippen molar-refractivity contribution in [3.8, 4) is 23.0 Å². The molecular formula is C28H36N6O6. The molecule has 1 saturated heterocycles. The van der Waals surface area contributed by atoms with Crippen molar-refractivity contribution >= 4 is 29.2 Å². The lowest BCUT2D eigenvalue weighted by molar-refractivity contribution is 0.132. The third kappa shape index (κ3) is 7.01. The van der Waals surface area contributed by atoms with Crippen LogP contribution in [0, 0.1) is 0 Å². The van der Waals surface area contributed by atoms with Crippen molar-refractivity contribution in [2.75, 3.05) is 77.4 Å². The largest absolute Gasteiger partial charge is 0.493 e. The van der Waals surface area contributed by atoms with Crippen molar-refractivity contribution in [2.24, 2.45) is 0 Å². The van der Waals surface area contributed by atoms with E-state index in [9.17, 15) is 9.90 Å². The lowest BCUT2D eigenvalue weighted by Gasteiger charge is -2.32. The predicted octanol–water partition coefficient (Wildman–Crippen LogP) is 4.08. The highest BCUT2D eigenvalue weighted by atomic mass is 16.5. The quantitative estimate of drug-likeness (QED) is 0.338. The topological polar surface area (TPSA) is 122 Å². The summed E-state index contributed by atoms with van der Waals surface area (Å²) < 4.78 is 22.9.